The highest BCUT2D eigenvalue weighted by Crippen LogP contribution is 2.24. The van der Waals surface area contributed by atoms with Crippen LogP contribution in [-0.4, -0.2) is 12.5 Å². The van der Waals surface area contributed by atoms with E-state index in [1.807, 2.05) is 42.5 Å². The van der Waals surface area contributed by atoms with Crippen molar-refractivity contribution >= 4 is 27.5 Å². The summed E-state index contributed by atoms with van der Waals surface area (Å²) >= 11 is 3.41. The molecular formula is C19H22BrNO2. The average molecular weight is 376 g/mol. The monoisotopic (exact) mass is 375 g/mol. The first kappa shape index (κ1) is 17.5. The number of benzene rings is 2. The Morgan fingerprint density at radius 1 is 1.17 bits per heavy atom. The molecule has 0 saturated carbocycles. The van der Waals surface area contributed by atoms with Crippen LogP contribution < -0.4 is 10.1 Å². The summed E-state index contributed by atoms with van der Waals surface area (Å²) in [4.78, 5) is 12.1. The molecule has 0 aliphatic heterocycles. The third-order valence-electron chi connectivity index (χ3n) is 3.47. The van der Waals surface area contributed by atoms with E-state index in [2.05, 4.69) is 41.2 Å². The number of hydrogen-bond donors (Lipinski definition) is 1. The molecule has 122 valence electrons. The summed E-state index contributed by atoms with van der Waals surface area (Å²) < 4.78 is 6.62. The lowest BCUT2D eigenvalue weighted by Gasteiger charge is -2.13. The van der Waals surface area contributed by atoms with Crippen LogP contribution in [0.5, 0.6) is 5.75 Å². The lowest BCUT2D eigenvalue weighted by molar-refractivity contribution is -0.116. The van der Waals surface area contributed by atoms with E-state index in [0.717, 1.165) is 21.5 Å². The molecule has 1 amide bonds. The van der Waals surface area contributed by atoms with Crippen molar-refractivity contribution in [3.63, 3.8) is 0 Å². The molecule has 4 heteroatoms. The molecule has 23 heavy (non-hydrogen) atoms. The molecule has 0 heterocycles. The van der Waals surface area contributed by atoms with Crippen LogP contribution in [0.15, 0.2) is 53.0 Å². The minimum atomic E-state index is 0.0240. The zero-order valence-electron chi connectivity index (χ0n) is 13.5. The highest BCUT2D eigenvalue weighted by molar-refractivity contribution is 9.10. The van der Waals surface area contributed by atoms with E-state index in [1.54, 1.807) is 0 Å². The Morgan fingerprint density at radius 2 is 1.96 bits per heavy atom. The molecule has 0 radical (unpaired) electrons. The van der Waals surface area contributed by atoms with Gasteiger partial charge < -0.3 is 10.1 Å². The third kappa shape index (κ3) is 5.71. The van der Waals surface area contributed by atoms with Gasteiger partial charge in [-0.2, -0.15) is 0 Å². The van der Waals surface area contributed by atoms with Crippen molar-refractivity contribution in [2.24, 2.45) is 0 Å². The van der Waals surface area contributed by atoms with Gasteiger partial charge in [0.05, 0.1) is 6.61 Å². The highest BCUT2D eigenvalue weighted by atomic mass is 79.9. The van der Waals surface area contributed by atoms with Gasteiger partial charge in [-0.05, 0) is 42.2 Å². The molecule has 2 aromatic carbocycles. The summed E-state index contributed by atoms with van der Waals surface area (Å²) in [5, 5.41) is 3.00. The Kier molecular flexibility index (Phi) is 6.66. The van der Waals surface area contributed by atoms with Crippen LogP contribution in [0.4, 0.5) is 5.69 Å². The van der Waals surface area contributed by atoms with Crippen molar-refractivity contribution in [3.8, 4) is 5.75 Å². The molecular weight excluding hydrogens is 354 g/mol. The van der Waals surface area contributed by atoms with E-state index in [-0.39, 0.29) is 5.91 Å². The third-order valence-corrected chi connectivity index (χ3v) is 3.96. The van der Waals surface area contributed by atoms with E-state index < -0.39 is 0 Å². The van der Waals surface area contributed by atoms with Crippen LogP contribution in [-0.2, 0) is 4.79 Å². The standard InChI is InChI=1S/C19H22BrNO2/c1-14(2)17-9-3-4-10-18(17)21-19(22)11-6-12-23-16-8-5-7-15(20)13-16/h3-5,7-10,13-14H,6,11-12H2,1-2H3,(H,21,22). The Hall–Kier alpha value is -1.81. The van der Waals surface area contributed by atoms with Gasteiger partial charge in [-0.25, -0.2) is 0 Å². The first-order valence-corrected chi connectivity index (χ1v) is 8.62. The lowest BCUT2D eigenvalue weighted by Crippen LogP contribution is -2.14. The van der Waals surface area contributed by atoms with Crippen molar-refractivity contribution < 1.29 is 9.53 Å². The second-order valence-corrected chi connectivity index (χ2v) is 6.62. The number of anilines is 1. The average Bonchev–Trinajstić information content (AvgIpc) is 2.52. The first-order valence-electron chi connectivity index (χ1n) is 7.83. The fraction of sp³-hybridized carbons (Fsp3) is 0.316. The number of carbonyl (C=O) groups is 1. The number of halogens is 1. The summed E-state index contributed by atoms with van der Waals surface area (Å²) in [5.41, 5.74) is 2.06. The van der Waals surface area contributed by atoms with Crippen LogP contribution in [0.25, 0.3) is 0 Å². The van der Waals surface area contributed by atoms with Crippen molar-refractivity contribution in [1.82, 2.24) is 0 Å². The molecule has 2 aromatic rings. The number of ether oxygens (including phenoxy) is 1. The number of hydrogen-bond acceptors (Lipinski definition) is 2. The second kappa shape index (κ2) is 8.73. The lowest BCUT2D eigenvalue weighted by atomic mass is 10.0. The Bertz CT molecular complexity index is 655. The van der Waals surface area contributed by atoms with E-state index in [1.165, 1.54) is 0 Å². The number of carbonyl (C=O) groups excluding carboxylic acids is 1. The fourth-order valence-electron chi connectivity index (χ4n) is 2.31. The van der Waals surface area contributed by atoms with Crippen molar-refractivity contribution in [3.05, 3.63) is 58.6 Å². The normalized spacial score (nSPS) is 10.6. The number of amides is 1. The number of rotatable bonds is 7. The summed E-state index contributed by atoms with van der Waals surface area (Å²) in [6.45, 7) is 4.77. The van der Waals surface area contributed by atoms with Crippen molar-refractivity contribution in [1.29, 1.82) is 0 Å². The molecule has 0 aliphatic rings. The minimum absolute atomic E-state index is 0.0240. The molecule has 0 fully saturated rings. The molecule has 0 aliphatic carbocycles. The Morgan fingerprint density at radius 3 is 2.70 bits per heavy atom. The fourth-order valence-corrected chi connectivity index (χ4v) is 2.68. The number of nitrogens with one attached hydrogen (secondary N) is 1. The van der Waals surface area contributed by atoms with Crippen LogP contribution in [0, 0.1) is 0 Å². The van der Waals surface area contributed by atoms with Crippen LogP contribution in [0.2, 0.25) is 0 Å². The van der Waals surface area contributed by atoms with Crippen molar-refractivity contribution in [2.75, 3.05) is 11.9 Å². The largest absolute Gasteiger partial charge is 0.494 e. The van der Waals surface area contributed by atoms with Crippen LogP contribution in [0.3, 0.4) is 0 Å². The number of para-hydroxylation sites is 1. The molecule has 0 aromatic heterocycles. The quantitative estimate of drug-likeness (QED) is 0.660. The predicted octanol–water partition coefficient (Wildman–Crippen LogP) is 5.37. The molecule has 2 rings (SSSR count). The van der Waals surface area contributed by atoms with Crippen LogP contribution >= 0.6 is 15.9 Å². The van der Waals surface area contributed by atoms with Gasteiger partial charge in [0.2, 0.25) is 5.91 Å². The summed E-state index contributed by atoms with van der Waals surface area (Å²) in [6.07, 6.45) is 1.13. The molecule has 0 unspecified atom stereocenters. The Balaban J connectivity index is 1.77. The zero-order chi connectivity index (χ0) is 16.7. The van der Waals surface area contributed by atoms with E-state index >= 15 is 0 Å². The summed E-state index contributed by atoms with van der Waals surface area (Å²) in [5.74, 6) is 1.22. The summed E-state index contributed by atoms with van der Waals surface area (Å²) in [6, 6.07) is 15.6. The van der Waals surface area contributed by atoms with E-state index in [9.17, 15) is 4.79 Å². The van der Waals surface area contributed by atoms with Gasteiger partial charge in [0.15, 0.2) is 0 Å². The van der Waals surface area contributed by atoms with Gasteiger partial charge in [-0.1, -0.05) is 54.0 Å². The molecule has 0 saturated heterocycles. The maximum atomic E-state index is 12.1. The zero-order valence-corrected chi connectivity index (χ0v) is 15.1. The molecule has 3 nitrogen and oxygen atoms in total. The SMILES string of the molecule is CC(C)c1ccccc1NC(=O)CCCOc1cccc(Br)c1. The van der Waals surface area contributed by atoms with Gasteiger partial charge in [-0.3, -0.25) is 4.79 Å². The molecule has 0 bridgehead atoms. The van der Waals surface area contributed by atoms with E-state index in [4.69, 9.17) is 4.74 Å². The summed E-state index contributed by atoms with van der Waals surface area (Å²) in [7, 11) is 0. The van der Waals surface area contributed by atoms with Gasteiger partial charge in [-0.15, -0.1) is 0 Å². The topological polar surface area (TPSA) is 38.3 Å². The maximum absolute atomic E-state index is 12.1. The van der Waals surface area contributed by atoms with E-state index in [0.29, 0.717) is 25.4 Å². The Labute approximate surface area is 146 Å². The van der Waals surface area contributed by atoms with Gasteiger partial charge in [0.25, 0.3) is 0 Å². The molecule has 1 N–H and O–H groups in total. The van der Waals surface area contributed by atoms with Crippen molar-refractivity contribution in [2.45, 2.75) is 32.6 Å². The minimum Gasteiger partial charge on any atom is -0.494 e. The van der Waals surface area contributed by atoms with Crippen LogP contribution in [0.1, 0.15) is 38.2 Å². The van der Waals surface area contributed by atoms with Gasteiger partial charge >= 0.3 is 0 Å². The molecule has 0 atom stereocenters. The smallest absolute Gasteiger partial charge is 0.224 e. The predicted molar refractivity (Wildman–Crippen MR) is 98.0 cm³/mol. The van der Waals surface area contributed by atoms with Gasteiger partial charge in [0.1, 0.15) is 5.75 Å². The van der Waals surface area contributed by atoms with Gasteiger partial charge in [0, 0.05) is 16.6 Å². The molecule has 0 spiro atoms. The maximum Gasteiger partial charge on any atom is 0.224 e. The second-order valence-electron chi connectivity index (χ2n) is 5.70. The highest BCUT2D eigenvalue weighted by Gasteiger charge is 2.09. The first-order chi connectivity index (χ1) is 11.1.